The maximum atomic E-state index is 10.0. The second kappa shape index (κ2) is 9.14. The molecule has 2 aromatic heterocycles. The van der Waals surface area contributed by atoms with E-state index < -0.39 is 0 Å². The van der Waals surface area contributed by atoms with Gasteiger partial charge in [-0.25, -0.2) is 0 Å². The number of pyridine rings is 1. The number of benzene rings is 3. The van der Waals surface area contributed by atoms with Crippen LogP contribution in [-0.4, -0.2) is 15.9 Å². The molecular formula is C28H20IrNO3-. The topological polar surface area (TPSA) is 63.3 Å². The summed E-state index contributed by atoms with van der Waals surface area (Å²) in [4.78, 5) is 14.9. The predicted molar refractivity (Wildman–Crippen MR) is 129 cm³/mol. The molecule has 1 N–H and O–H groups in total. The third-order valence-corrected chi connectivity index (χ3v) is 5.34. The Morgan fingerprint density at radius 1 is 0.970 bits per heavy atom. The van der Waals surface area contributed by atoms with Gasteiger partial charge in [0.15, 0.2) is 5.78 Å². The molecule has 6 rings (SSSR count). The zero-order valence-corrected chi connectivity index (χ0v) is 20.4. The van der Waals surface area contributed by atoms with Gasteiger partial charge in [0.2, 0.25) is 0 Å². The second-order valence-electron chi connectivity index (χ2n) is 7.76. The first-order chi connectivity index (χ1) is 15.5. The number of fused-ring (bicyclic) bond motifs is 3. The molecule has 0 amide bonds. The van der Waals surface area contributed by atoms with Crippen molar-refractivity contribution >= 4 is 50.8 Å². The summed E-state index contributed by atoms with van der Waals surface area (Å²) in [6, 6.07) is 23.8. The number of nitrogens with zero attached hydrogens (tertiary/aromatic N) is 1. The molecule has 0 aliphatic heterocycles. The molecule has 0 saturated carbocycles. The van der Waals surface area contributed by atoms with E-state index in [1.807, 2.05) is 30.3 Å². The third-order valence-electron chi connectivity index (χ3n) is 5.34. The normalized spacial score (nSPS) is 12.0. The molecule has 0 bridgehead atoms. The van der Waals surface area contributed by atoms with E-state index in [0.717, 1.165) is 38.7 Å². The SMILES string of the molecule is CC(=O)/C=C(/C)O.[Ir].[c-]1ccc2oc3ccccc3c2c1-c1cc2c3c(cccc3n1)C=C2. The van der Waals surface area contributed by atoms with Crippen LogP contribution in [0, 0.1) is 6.07 Å². The summed E-state index contributed by atoms with van der Waals surface area (Å²) in [6.45, 7) is 2.85. The van der Waals surface area contributed by atoms with Crippen molar-refractivity contribution in [3.8, 4) is 11.3 Å². The predicted octanol–water partition coefficient (Wildman–Crippen LogP) is 7.12. The zero-order valence-electron chi connectivity index (χ0n) is 18.0. The van der Waals surface area contributed by atoms with Crippen LogP contribution in [0.25, 0.3) is 56.3 Å². The molecular weight excluding hydrogens is 591 g/mol. The van der Waals surface area contributed by atoms with Crippen molar-refractivity contribution in [1.29, 1.82) is 0 Å². The first-order valence-corrected chi connectivity index (χ1v) is 10.3. The van der Waals surface area contributed by atoms with Gasteiger partial charge in [-0.1, -0.05) is 60.0 Å². The largest absolute Gasteiger partial charge is 0.512 e. The fourth-order valence-electron chi connectivity index (χ4n) is 4.13. The molecule has 0 unspecified atom stereocenters. The number of aliphatic hydroxyl groups is 1. The molecule has 1 aliphatic carbocycles. The van der Waals surface area contributed by atoms with Crippen LogP contribution in [0.3, 0.4) is 0 Å². The summed E-state index contributed by atoms with van der Waals surface area (Å²) in [5, 5.41) is 11.8. The number of aromatic nitrogens is 1. The first-order valence-electron chi connectivity index (χ1n) is 10.3. The monoisotopic (exact) mass is 611 g/mol. The van der Waals surface area contributed by atoms with Crippen molar-refractivity contribution in [3.63, 3.8) is 0 Å². The maximum Gasteiger partial charge on any atom is 0.155 e. The van der Waals surface area contributed by atoms with Crippen LogP contribution in [0.15, 0.2) is 76.9 Å². The molecule has 4 nitrogen and oxygen atoms in total. The second-order valence-corrected chi connectivity index (χ2v) is 7.76. The number of aliphatic hydroxyl groups excluding tert-OH is 1. The van der Waals surface area contributed by atoms with Gasteiger partial charge in [0.05, 0.1) is 16.9 Å². The van der Waals surface area contributed by atoms with Crippen LogP contribution in [0.1, 0.15) is 25.0 Å². The summed E-state index contributed by atoms with van der Waals surface area (Å²) in [7, 11) is 0. The number of hydrogen-bond donors (Lipinski definition) is 1. The van der Waals surface area contributed by atoms with E-state index >= 15 is 0 Å². The third kappa shape index (κ3) is 4.25. The van der Waals surface area contributed by atoms with E-state index in [2.05, 4.69) is 48.6 Å². The maximum absolute atomic E-state index is 10.0. The summed E-state index contributed by atoms with van der Waals surface area (Å²) in [5.74, 6) is -0.0625. The molecule has 5 heteroatoms. The van der Waals surface area contributed by atoms with Gasteiger partial charge < -0.3 is 9.52 Å². The number of carbonyl (C=O) groups excluding carboxylic acids is 1. The van der Waals surface area contributed by atoms with Gasteiger partial charge in [0, 0.05) is 31.6 Å². The molecule has 5 aromatic rings. The van der Waals surface area contributed by atoms with Crippen LogP contribution >= 0.6 is 0 Å². The Balaban J connectivity index is 0.000000287. The molecule has 1 aliphatic rings. The number of ketones is 1. The van der Waals surface area contributed by atoms with E-state index in [4.69, 9.17) is 14.5 Å². The van der Waals surface area contributed by atoms with Gasteiger partial charge in [-0.15, -0.1) is 17.7 Å². The van der Waals surface area contributed by atoms with Crippen molar-refractivity contribution in [2.45, 2.75) is 13.8 Å². The average molecular weight is 611 g/mol. The van der Waals surface area contributed by atoms with Crippen LogP contribution < -0.4 is 0 Å². The Morgan fingerprint density at radius 3 is 2.52 bits per heavy atom. The van der Waals surface area contributed by atoms with E-state index in [0.29, 0.717) is 0 Å². The van der Waals surface area contributed by atoms with E-state index in [9.17, 15) is 4.79 Å². The van der Waals surface area contributed by atoms with Gasteiger partial charge in [-0.05, 0) is 48.2 Å². The Hall–Kier alpha value is -3.53. The van der Waals surface area contributed by atoms with Crippen LogP contribution in [0.4, 0.5) is 0 Å². The Morgan fingerprint density at radius 2 is 1.76 bits per heavy atom. The molecule has 0 spiro atoms. The van der Waals surface area contributed by atoms with Crippen molar-refractivity contribution in [1.82, 2.24) is 4.98 Å². The van der Waals surface area contributed by atoms with E-state index in [1.54, 1.807) is 0 Å². The summed E-state index contributed by atoms with van der Waals surface area (Å²) in [6.07, 6.45) is 5.48. The van der Waals surface area contributed by atoms with Crippen molar-refractivity contribution in [2.75, 3.05) is 0 Å². The van der Waals surface area contributed by atoms with Crippen LogP contribution in [0.5, 0.6) is 0 Å². The van der Waals surface area contributed by atoms with E-state index in [1.165, 1.54) is 36.4 Å². The quantitative estimate of drug-likeness (QED) is 0.129. The van der Waals surface area contributed by atoms with E-state index in [-0.39, 0.29) is 31.6 Å². The molecule has 3 aromatic carbocycles. The molecule has 0 atom stereocenters. The average Bonchev–Trinajstić information content (AvgIpc) is 3.35. The minimum atomic E-state index is -0.125. The van der Waals surface area contributed by atoms with Crippen LogP contribution in [0.2, 0.25) is 0 Å². The molecule has 0 saturated heterocycles. The number of allylic oxidation sites excluding steroid dienone is 2. The number of furan rings is 1. The number of hydrogen-bond acceptors (Lipinski definition) is 4. The van der Waals surface area contributed by atoms with Gasteiger partial charge in [-0.3, -0.25) is 9.78 Å². The Kier molecular flexibility index (Phi) is 6.28. The van der Waals surface area contributed by atoms with Gasteiger partial charge in [-0.2, -0.15) is 0 Å². The summed E-state index contributed by atoms with van der Waals surface area (Å²) in [5.41, 5.74) is 7.17. The minimum absolute atomic E-state index is 0. The fourth-order valence-corrected chi connectivity index (χ4v) is 4.13. The van der Waals surface area contributed by atoms with Gasteiger partial charge in [0.25, 0.3) is 0 Å². The van der Waals surface area contributed by atoms with Crippen molar-refractivity contribution in [3.05, 3.63) is 89.7 Å². The molecule has 165 valence electrons. The fraction of sp³-hybridized carbons (Fsp3) is 0.0714. The molecule has 2 heterocycles. The molecule has 33 heavy (non-hydrogen) atoms. The standard InChI is InChI=1S/C23H12NO.C5H8O2.Ir/c1-2-9-20-17(6-1)23-16(7-4-10-21(23)25-20)19-13-15-12-11-14-5-3-8-18(24-19)22(14)15;1-4(6)3-5(2)7;/h1-6,8-13H;3,6H,1-2H3;/q-1;;/b;4-3-;. The number of para-hydroxylation sites is 1. The Labute approximate surface area is 204 Å². The first kappa shape index (κ1) is 22.7. The minimum Gasteiger partial charge on any atom is -0.512 e. The summed E-state index contributed by atoms with van der Waals surface area (Å²) < 4.78 is 6.01. The van der Waals surface area contributed by atoms with Crippen molar-refractivity contribution in [2.24, 2.45) is 0 Å². The van der Waals surface area contributed by atoms with Gasteiger partial charge in [0.1, 0.15) is 5.58 Å². The number of carbonyl (C=O) groups is 1. The Bertz CT molecular complexity index is 1570. The molecule has 0 fully saturated rings. The summed E-state index contributed by atoms with van der Waals surface area (Å²) >= 11 is 0. The van der Waals surface area contributed by atoms with Gasteiger partial charge >= 0.3 is 0 Å². The molecule has 1 radical (unpaired) electrons. The van der Waals surface area contributed by atoms with Crippen LogP contribution in [-0.2, 0) is 24.9 Å². The zero-order chi connectivity index (χ0) is 22.2. The number of rotatable bonds is 2. The smallest absolute Gasteiger partial charge is 0.155 e. The van der Waals surface area contributed by atoms with Crippen molar-refractivity contribution < 1.29 is 34.4 Å².